The minimum Gasteiger partial charge on any atom is -0.451 e. The number of alkyl halides is 2. The lowest BCUT2D eigenvalue weighted by molar-refractivity contribution is -0.226. The molecule has 4 aliphatic carbocycles. The number of hydrogen-bond acceptors (Lipinski definition) is 5. The van der Waals surface area contributed by atoms with E-state index in [9.17, 15) is 19.5 Å². The second-order valence-corrected chi connectivity index (χ2v) is 10.6. The molecule has 0 aromatic carbocycles. The SMILES string of the molecule is CC(=O)O[C@]1(C(=O)CCl)CC[C@H]2[C@@H]3CC(C)C4=CC(=O)C=C[C@]4(C)[C@@]3(F)C(O)C[C@@]21C. The van der Waals surface area contributed by atoms with Crippen LogP contribution >= 0.6 is 11.6 Å². The van der Waals surface area contributed by atoms with Gasteiger partial charge in [0, 0.05) is 23.7 Å². The van der Waals surface area contributed by atoms with Crippen LogP contribution in [0.25, 0.3) is 0 Å². The third-order valence-electron chi connectivity index (χ3n) is 8.98. The Morgan fingerprint density at radius 3 is 2.61 bits per heavy atom. The zero-order valence-corrected chi connectivity index (χ0v) is 19.2. The van der Waals surface area contributed by atoms with E-state index in [4.69, 9.17) is 16.3 Å². The summed E-state index contributed by atoms with van der Waals surface area (Å²) in [7, 11) is 0. The van der Waals surface area contributed by atoms with Gasteiger partial charge in [0.15, 0.2) is 22.8 Å². The number of halogens is 2. The van der Waals surface area contributed by atoms with Crippen LogP contribution in [0.5, 0.6) is 0 Å². The van der Waals surface area contributed by atoms with Crippen LogP contribution in [0.2, 0.25) is 0 Å². The van der Waals surface area contributed by atoms with Crippen LogP contribution in [-0.4, -0.2) is 45.9 Å². The Balaban J connectivity index is 1.85. The zero-order valence-electron chi connectivity index (χ0n) is 18.4. The summed E-state index contributed by atoms with van der Waals surface area (Å²) in [5.74, 6) is -2.37. The van der Waals surface area contributed by atoms with Gasteiger partial charge in [-0.25, -0.2) is 4.39 Å². The minimum atomic E-state index is -2.00. The fraction of sp³-hybridized carbons (Fsp3) is 0.708. The molecule has 0 aromatic heterocycles. The number of aliphatic hydroxyl groups excluding tert-OH is 1. The van der Waals surface area contributed by atoms with Crippen molar-refractivity contribution in [1.29, 1.82) is 0 Å². The lowest BCUT2D eigenvalue weighted by Crippen LogP contribution is -2.70. The van der Waals surface area contributed by atoms with Crippen LogP contribution in [0.3, 0.4) is 0 Å². The van der Waals surface area contributed by atoms with Crippen molar-refractivity contribution < 1.29 is 28.6 Å². The van der Waals surface area contributed by atoms with Crippen molar-refractivity contribution in [3.63, 3.8) is 0 Å². The summed E-state index contributed by atoms with van der Waals surface area (Å²) in [6.45, 7) is 6.82. The molecule has 3 saturated carbocycles. The first-order valence-electron chi connectivity index (χ1n) is 11.0. The molecule has 4 aliphatic rings. The van der Waals surface area contributed by atoms with Gasteiger partial charge in [-0.1, -0.05) is 25.5 Å². The van der Waals surface area contributed by atoms with Gasteiger partial charge in [-0.15, -0.1) is 11.6 Å². The molecule has 0 amide bonds. The number of aliphatic hydroxyl groups is 1. The third-order valence-corrected chi connectivity index (χ3v) is 9.22. The Morgan fingerprint density at radius 1 is 1.32 bits per heavy atom. The molecule has 7 heteroatoms. The third kappa shape index (κ3) is 2.67. The minimum absolute atomic E-state index is 0.0282. The zero-order chi connectivity index (χ0) is 23.0. The highest BCUT2D eigenvalue weighted by Crippen LogP contribution is 2.71. The Morgan fingerprint density at radius 2 is 2.00 bits per heavy atom. The standard InChI is InChI=1S/C24H30ClFO5/c1-13-9-18-16-6-8-23(20(30)12-25,31-14(2)27)22(16,4)11-19(29)24(18,26)21(3)7-5-15(28)10-17(13)21/h5,7,10,13,16,18-19,29H,6,8-9,11-12H2,1-4H3/t13?,16-,18-,19?,21-,22-,23-,24-/m0/s1. The number of ketones is 2. The number of carbonyl (C=O) groups is 3. The van der Waals surface area contributed by atoms with Crippen molar-refractivity contribution in [2.75, 3.05) is 5.88 Å². The maximum atomic E-state index is 17.2. The number of esters is 1. The molecule has 5 nitrogen and oxygen atoms in total. The van der Waals surface area contributed by atoms with Gasteiger partial charge >= 0.3 is 5.97 Å². The van der Waals surface area contributed by atoms with E-state index >= 15 is 4.39 Å². The van der Waals surface area contributed by atoms with Crippen molar-refractivity contribution in [2.45, 2.75) is 70.8 Å². The normalized spacial score (nSPS) is 48.4. The summed E-state index contributed by atoms with van der Waals surface area (Å²) in [5.41, 5.74) is -4.81. The van der Waals surface area contributed by atoms with Crippen molar-refractivity contribution in [2.24, 2.45) is 28.6 Å². The molecule has 0 saturated heterocycles. The lowest BCUT2D eigenvalue weighted by Gasteiger charge is -2.63. The number of Topliss-reactive ketones (excluding diaryl/α,β-unsaturated/α-hetero) is 1. The molecule has 0 aromatic rings. The maximum absolute atomic E-state index is 17.2. The quantitative estimate of drug-likeness (QED) is 0.521. The van der Waals surface area contributed by atoms with Crippen molar-refractivity contribution in [3.05, 3.63) is 23.8 Å². The van der Waals surface area contributed by atoms with Crippen LogP contribution in [0.15, 0.2) is 23.8 Å². The number of hydrogen-bond donors (Lipinski definition) is 1. The summed E-state index contributed by atoms with van der Waals surface area (Å²) in [4.78, 5) is 37.1. The molecule has 4 rings (SSSR count). The van der Waals surface area contributed by atoms with E-state index in [1.54, 1.807) is 13.0 Å². The molecule has 31 heavy (non-hydrogen) atoms. The van der Waals surface area contributed by atoms with Crippen molar-refractivity contribution in [3.8, 4) is 0 Å². The van der Waals surface area contributed by atoms with Gasteiger partial charge in [0.25, 0.3) is 0 Å². The molecule has 0 bridgehead atoms. The summed E-state index contributed by atoms with van der Waals surface area (Å²) in [6.07, 6.45) is 4.29. The first-order valence-corrected chi connectivity index (χ1v) is 11.5. The smallest absolute Gasteiger partial charge is 0.303 e. The van der Waals surface area contributed by atoms with Gasteiger partial charge < -0.3 is 9.84 Å². The Hall–Kier alpha value is -1.53. The second-order valence-electron chi connectivity index (χ2n) is 10.3. The fourth-order valence-electron chi connectivity index (χ4n) is 7.62. The van der Waals surface area contributed by atoms with Gasteiger partial charge in [-0.05, 0) is 56.6 Å². The van der Waals surface area contributed by atoms with Gasteiger partial charge in [0.05, 0.1) is 12.0 Å². The van der Waals surface area contributed by atoms with E-state index in [1.807, 2.05) is 13.8 Å². The summed E-state index contributed by atoms with van der Waals surface area (Å²) >= 11 is 5.92. The van der Waals surface area contributed by atoms with Crippen molar-refractivity contribution >= 4 is 29.1 Å². The second kappa shape index (κ2) is 6.98. The monoisotopic (exact) mass is 452 g/mol. The molecular formula is C24H30ClFO5. The maximum Gasteiger partial charge on any atom is 0.303 e. The molecule has 3 fully saturated rings. The average molecular weight is 453 g/mol. The number of allylic oxidation sites excluding steroid dienone is 4. The van der Waals surface area contributed by atoms with E-state index in [2.05, 4.69) is 0 Å². The highest BCUT2D eigenvalue weighted by Gasteiger charge is 2.75. The number of rotatable bonds is 3. The molecule has 0 heterocycles. The topological polar surface area (TPSA) is 80.7 Å². The predicted octanol–water partition coefficient (Wildman–Crippen LogP) is 3.71. The van der Waals surface area contributed by atoms with E-state index in [-0.39, 0.29) is 36.3 Å². The molecule has 8 atom stereocenters. The molecule has 0 aliphatic heterocycles. The van der Waals surface area contributed by atoms with E-state index in [0.717, 1.165) is 0 Å². The molecule has 2 unspecified atom stereocenters. The first-order chi connectivity index (χ1) is 14.4. The Kier molecular flexibility index (Phi) is 5.10. The van der Waals surface area contributed by atoms with Crippen molar-refractivity contribution in [1.82, 2.24) is 0 Å². The number of fused-ring (bicyclic) bond motifs is 5. The summed E-state index contributed by atoms with van der Waals surface area (Å²) in [5, 5.41) is 11.3. The van der Waals surface area contributed by atoms with Gasteiger partial charge in [0.1, 0.15) is 0 Å². The average Bonchev–Trinajstić information content (AvgIpc) is 2.97. The van der Waals surface area contributed by atoms with E-state index in [1.165, 1.54) is 19.1 Å². The van der Waals surface area contributed by atoms with Gasteiger partial charge in [-0.2, -0.15) is 0 Å². The molecular weight excluding hydrogens is 423 g/mol. The van der Waals surface area contributed by atoms with E-state index in [0.29, 0.717) is 18.4 Å². The fourth-order valence-corrected chi connectivity index (χ4v) is 7.84. The predicted molar refractivity (Wildman–Crippen MR) is 113 cm³/mol. The Labute approximate surface area is 187 Å². The Bertz CT molecular complexity index is 914. The highest BCUT2D eigenvalue weighted by atomic mass is 35.5. The van der Waals surface area contributed by atoms with Crippen LogP contribution in [-0.2, 0) is 19.1 Å². The van der Waals surface area contributed by atoms with Crippen LogP contribution < -0.4 is 0 Å². The molecule has 1 N–H and O–H groups in total. The van der Waals surface area contributed by atoms with Crippen LogP contribution in [0.1, 0.15) is 53.4 Å². The molecule has 0 spiro atoms. The van der Waals surface area contributed by atoms with Crippen LogP contribution in [0.4, 0.5) is 4.39 Å². The first kappa shape index (κ1) is 22.7. The lowest BCUT2D eigenvalue weighted by atomic mass is 9.43. The van der Waals surface area contributed by atoms with Gasteiger partial charge in [0.2, 0.25) is 0 Å². The summed E-state index contributed by atoms with van der Waals surface area (Å²) in [6, 6.07) is 0. The number of carbonyl (C=O) groups excluding carboxylic acids is 3. The summed E-state index contributed by atoms with van der Waals surface area (Å²) < 4.78 is 22.8. The van der Waals surface area contributed by atoms with Crippen LogP contribution in [0, 0.1) is 28.6 Å². The van der Waals surface area contributed by atoms with Gasteiger partial charge in [-0.3, -0.25) is 14.4 Å². The largest absolute Gasteiger partial charge is 0.451 e. The molecule has 0 radical (unpaired) electrons. The molecule has 170 valence electrons. The van der Waals surface area contributed by atoms with E-state index < -0.39 is 45.9 Å². The highest BCUT2D eigenvalue weighted by molar-refractivity contribution is 6.29. The number of ether oxygens (including phenoxy) is 1.